The molecule has 8 nitrogen and oxygen atoms in total. The number of anilines is 1. The standard InChI is InChI=1S/C25H22ClN3O5/c1-3-15(2)16-5-11-23-22(12-16)28-25(34-23)17-4-10-20(26)21(13-17)27-24(30)14-33-19-8-6-18(7-9-19)29(31)32/h4-13,15H,3,14H2,1-2H3,(H,27,30)/t15-/m1/s1. The largest absolute Gasteiger partial charge is 0.484 e. The number of fused-ring (bicyclic) bond motifs is 1. The molecule has 174 valence electrons. The Kier molecular flexibility index (Phi) is 6.79. The average Bonchev–Trinajstić information content (AvgIpc) is 3.27. The van der Waals surface area contributed by atoms with Crippen molar-refractivity contribution >= 4 is 40.0 Å². The van der Waals surface area contributed by atoms with Gasteiger partial charge >= 0.3 is 0 Å². The van der Waals surface area contributed by atoms with Crippen LogP contribution in [0.5, 0.6) is 5.75 Å². The highest BCUT2D eigenvalue weighted by Crippen LogP contribution is 2.32. The molecule has 3 aromatic carbocycles. The van der Waals surface area contributed by atoms with E-state index >= 15 is 0 Å². The molecule has 1 amide bonds. The molecule has 4 aromatic rings. The van der Waals surface area contributed by atoms with Crippen molar-refractivity contribution in [1.82, 2.24) is 4.98 Å². The summed E-state index contributed by atoms with van der Waals surface area (Å²) in [5.74, 6) is 0.748. The lowest BCUT2D eigenvalue weighted by Gasteiger charge is -2.09. The van der Waals surface area contributed by atoms with E-state index in [4.69, 9.17) is 20.8 Å². The van der Waals surface area contributed by atoms with E-state index in [1.165, 1.54) is 29.8 Å². The lowest BCUT2D eigenvalue weighted by Crippen LogP contribution is -2.20. The molecule has 34 heavy (non-hydrogen) atoms. The van der Waals surface area contributed by atoms with Crippen molar-refractivity contribution in [2.45, 2.75) is 26.2 Å². The summed E-state index contributed by atoms with van der Waals surface area (Å²) in [5.41, 5.74) is 3.64. The smallest absolute Gasteiger partial charge is 0.269 e. The number of ether oxygens (including phenoxy) is 1. The average molecular weight is 480 g/mol. The second-order valence-electron chi connectivity index (χ2n) is 7.84. The first-order valence-corrected chi connectivity index (χ1v) is 11.1. The number of nitrogens with one attached hydrogen (secondary N) is 1. The van der Waals surface area contributed by atoms with Gasteiger partial charge in [-0.25, -0.2) is 4.98 Å². The Morgan fingerprint density at radius 1 is 1.18 bits per heavy atom. The predicted molar refractivity (Wildman–Crippen MR) is 130 cm³/mol. The lowest BCUT2D eigenvalue weighted by atomic mass is 9.98. The molecular formula is C25H22ClN3O5. The van der Waals surface area contributed by atoms with E-state index in [0.29, 0.717) is 39.4 Å². The summed E-state index contributed by atoms with van der Waals surface area (Å²) in [6.07, 6.45) is 1.03. The first-order valence-electron chi connectivity index (χ1n) is 10.7. The number of nitrogens with zero attached hydrogens (tertiary/aromatic N) is 2. The first kappa shape index (κ1) is 23.3. The SMILES string of the molecule is CC[C@@H](C)c1ccc2oc(-c3ccc(Cl)c(NC(=O)COc4ccc([N+](=O)[O-])cc4)c3)nc2c1. The molecule has 0 saturated carbocycles. The maximum absolute atomic E-state index is 12.4. The molecule has 1 atom stereocenters. The summed E-state index contributed by atoms with van der Waals surface area (Å²) in [6, 6.07) is 16.6. The van der Waals surface area contributed by atoms with Crippen molar-refractivity contribution in [3.63, 3.8) is 0 Å². The van der Waals surface area contributed by atoms with Crippen LogP contribution in [-0.4, -0.2) is 22.4 Å². The van der Waals surface area contributed by atoms with Gasteiger partial charge in [0, 0.05) is 17.7 Å². The summed E-state index contributed by atoms with van der Waals surface area (Å²) in [7, 11) is 0. The van der Waals surface area contributed by atoms with Crippen molar-refractivity contribution in [3.05, 3.63) is 81.4 Å². The minimum absolute atomic E-state index is 0.0595. The van der Waals surface area contributed by atoms with Gasteiger partial charge in [-0.1, -0.05) is 31.5 Å². The summed E-state index contributed by atoms with van der Waals surface area (Å²) in [6.45, 7) is 4.02. The Hall–Kier alpha value is -3.91. The second-order valence-corrected chi connectivity index (χ2v) is 8.25. The minimum atomic E-state index is -0.507. The predicted octanol–water partition coefficient (Wildman–Crippen LogP) is 6.59. The number of halogens is 1. The van der Waals surface area contributed by atoms with Crippen molar-refractivity contribution < 1.29 is 18.9 Å². The van der Waals surface area contributed by atoms with Gasteiger partial charge in [0.1, 0.15) is 11.3 Å². The van der Waals surface area contributed by atoms with Crippen molar-refractivity contribution in [2.75, 3.05) is 11.9 Å². The van der Waals surface area contributed by atoms with E-state index in [1.807, 2.05) is 18.2 Å². The molecule has 0 spiro atoms. The maximum Gasteiger partial charge on any atom is 0.269 e. The van der Waals surface area contributed by atoms with Gasteiger partial charge in [-0.05, 0) is 60.4 Å². The number of nitro benzene ring substituents is 1. The fraction of sp³-hybridized carbons (Fsp3) is 0.200. The molecule has 0 aliphatic carbocycles. The van der Waals surface area contributed by atoms with E-state index in [9.17, 15) is 14.9 Å². The molecule has 1 N–H and O–H groups in total. The van der Waals surface area contributed by atoms with E-state index in [1.54, 1.807) is 18.2 Å². The Labute approximate surface area is 200 Å². The normalized spacial score (nSPS) is 11.9. The number of amides is 1. The fourth-order valence-electron chi connectivity index (χ4n) is 3.36. The molecule has 1 aromatic heterocycles. The number of aromatic nitrogens is 1. The summed E-state index contributed by atoms with van der Waals surface area (Å²) in [5, 5.41) is 13.8. The molecule has 0 aliphatic rings. The van der Waals surface area contributed by atoms with E-state index in [-0.39, 0.29) is 12.3 Å². The van der Waals surface area contributed by atoms with Gasteiger partial charge in [0.2, 0.25) is 5.89 Å². The summed E-state index contributed by atoms with van der Waals surface area (Å²) >= 11 is 6.27. The highest BCUT2D eigenvalue weighted by atomic mass is 35.5. The fourth-order valence-corrected chi connectivity index (χ4v) is 3.53. The number of non-ortho nitro benzene ring substituents is 1. The van der Waals surface area contributed by atoms with Crippen molar-refractivity contribution in [3.8, 4) is 17.2 Å². The van der Waals surface area contributed by atoms with Crippen LogP contribution in [0.4, 0.5) is 11.4 Å². The first-order chi connectivity index (χ1) is 16.3. The third kappa shape index (κ3) is 5.18. The number of hydrogen-bond acceptors (Lipinski definition) is 6. The molecule has 9 heteroatoms. The number of oxazole rings is 1. The minimum Gasteiger partial charge on any atom is -0.484 e. The molecule has 4 rings (SSSR count). The molecule has 0 aliphatic heterocycles. The summed E-state index contributed by atoms with van der Waals surface area (Å²) in [4.78, 5) is 27.2. The molecule has 0 saturated heterocycles. The zero-order valence-corrected chi connectivity index (χ0v) is 19.3. The Balaban J connectivity index is 1.47. The highest BCUT2D eigenvalue weighted by Gasteiger charge is 2.14. The quantitative estimate of drug-likeness (QED) is 0.225. The van der Waals surface area contributed by atoms with Crippen LogP contribution in [0.1, 0.15) is 31.7 Å². The highest BCUT2D eigenvalue weighted by molar-refractivity contribution is 6.33. The number of hydrogen-bond donors (Lipinski definition) is 1. The number of rotatable bonds is 8. The van der Waals surface area contributed by atoms with Gasteiger partial charge < -0.3 is 14.5 Å². The van der Waals surface area contributed by atoms with Crippen LogP contribution in [-0.2, 0) is 4.79 Å². The Bertz CT molecular complexity index is 1350. The van der Waals surface area contributed by atoms with Crippen LogP contribution < -0.4 is 10.1 Å². The van der Waals surface area contributed by atoms with Crippen LogP contribution >= 0.6 is 11.6 Å². The van der Waals surface area contributed by atoms with Gasteiger partial charge in [0.25, 0.3) is 11.6 Å². The van der Waals surface area contributed by atoms with Gasteiger partial charge in [0.05, 0.1) is 15.6 Å². The van der Waals surface area contributed by atoms with Gasteiger partial charge in [-0.2, -0.15) is 0 Å². The van der Waals surface area contributed by atoms with Crippen LogP contribution in [0, 0.1) is 10.1 Å². The third-order valence-corrected chi connectivity index (χ3v) is 5.83. The summed E-state index contributed by atoms with van der Waals surface area (Å²) < 4.78 is 11.3. The van der Waals surface area contributed by atoms with Crippen LogP contribution in [0.15, 0.2) is 65.1 Å². The number of benzene rings is 3. The molecule has 0 unspecified atom stereocenters. The lowest BCUT2D eigenvalue weighted by molar-refractivity contribution is -0.384. The number of nitro groups is 1. The number of carbonyl (C=O) groups excluding carboxylic acids is 1. The monoisotopic (exact) mass is 479 g/mol. The topological polar surface area (TPSA) is 108 Å². The van der Waals surface area contributed by atoms with Crippen molar-refractivity contribution in [2.24, 2.45) is 0 Å². The zero-order valence-electron chi connectivity index (χ0n) is 18.6. The van der Waals surface area contributed by atoms with Crippen LogP contribution in [0.25, 0.3) is 22.6 Å². The van der Waals surface area contributed by atoms with Crippen LogP contribution in [0.2, 0.25) is 5.02 Å². The van der Waals surface area contributed by atoms with Gasteiger partial charge in [-0.15, -0.1) is 0 Å². The molecule has 1 heterocycles. The van der Waals surface area contributed by atoms with E-state index < -0.39 is 10.8 Å². The van der Waals surface area contributed by atoms with E-state index in [0.717, 1.165) is 11.9 Å². The Morgan fingerprint density at radius 2 is 1.94 bits per heavy atom. The van der Waals surface area contributed by atoms with Crippen LogP contribution in [0.3, 0.4) is 0 Å². The van der Waals surface area contributed by atoms with Crippen molar-refractivity contribution in [1.29, 1.82) is 0 Å². The van der Waals surface area contributed by atoms with Gasteiger partial charge in [-0.3, -0.25) is 14.9 Å². The zero-order chi connectivity index (χ0) is 24.2. The van der Waals surface area contributed by atoms with E-state index in [2.05, 4.69) is 24.1 Å². The van der Waals surface area contributed by atoms with Gasteiger partial charge in [0.15, 0.2) is 12.2 Å². The number of carbonyl (C=O) groups is 1. The third-order valence-electron chi connectivity index (χ3n) is 5.50. The molecule has 0 bridgehead atoms. The molecular weight excluding hydrogens is 458 g/mol. The maximum atomic E-state index is 12.4. The Morgan fingerprint density at radius 3 is 2.65 bits per heavy atom. The second kappa shape index (κ2) is 9.93. The molecule has 0 radical (unpaired) electrons. The molecule has 0 fully saturated rings.